The number of methoxy groups -OCH3 is 2. The molecule has 2 aliphatic heterocycles. The summed E-state index contributed by atoms with van der Waals surface area (Å²) in [4.78, 5) is 8.36. The highest BCUT2D eigenvalue weighted by Gasteiger charge is 2.18. The zero-order chi connectivity index (χ0) is 29.0. The van der Waals surface area contributed by atoms with Crippen molar-refractivity contribution in [1.29, 1.82) is 10.8 Å². The molecule has 0 atom stereocenters. The van der Waals surface area contributed by atoms with Crippen LogP contribution in [0, 0.1) is 10.8 Å². The van der Waals surface area contributed by atoms with Gasteiger partial charge in [0.25, 0.3) is 0 Å². The van der Waals surface area contributed by atoms with E-state index in [1.165, 1.54) is 11.4 Å². The van der Waals surface area contributed by atoms with Gasteiger partial charge >= 0.3 is 10.4 Å². The lowest BCUT2D eigenvalue weighted by atomic mass is 10.2. The number of rotatable bonds is 4. The van der Waals surface area contributed by atoms with Crippen LogP contribution in [0.1, 0.15) is 0 Å². The molecule has 2 fully saturated rings. The lowest BCUT2D eigenvalue weighted by molar-refractivity contribution is 0.379. The molecule has 216 valence electrons. The summed E-state index contributed by atoms with van der Waals surface area (Å²) in [7, 11) is -1.33. The maximum atomic E-state index is 8.74. The van der Waals surface area contributed by atoms with Gasteiger partial charge < -0.3 is 40.5 Å². The van der Waals surface area contributed by atoms with Crippen LogP contribution in [0.4, 0.5) is 11.4 Å². The number of benzene rings is 2. The average Bonchev–Trinajstić information content (AvgIpc) is 2.93. The minimum Gasteiger partial charge on any atom is -0.497 e. The van der Waals surface area contributed by atoms with Crippen LogP contribution in [0.3, 0.4) is 0 Å². The van der Waals surface area contributed by atoms with Crippen LogP contribution in [0.2, 0.25) is 0 Å². The first kappa shape index (κ1) is 31.3. The molecule has 2 aliphatic rings. The Kier molecular flexibility index (Phi) is 11.9. The van der Waals surface area contributed by atoms with Gasteiger partial charge in [-0.3, -0.25) is 19.9 Å². The lowest BCUT2D eigenvalue weighted by Gasteiger charge is -2.36. The second-order valence-electron chi connectivity index (χ2n) is 8.56. The summed E-state index contributed by atoms with van der Waals surface area (Å²) >= 11 is 0. The zero-order valence-corrected chi connectivity index (χ0v) is 23.0. The van der Waals surface area contributed by atoms with Crippen LogP contribution in [0.15, 0.2) is 48.5 Å². The largest absolute Gasteiger partial charge is 0.497 e. The average molecular weight is 567 g/mol. The predicted molar refractivity (Wildman–Crippen MR) is 152 cm³/mol. The molecule has 0 aromatic heterocycles. The lowest BCUT2D eigenvalue weighted by Crippen LogP contribution is -2.50. The fraction of sp³-hybridized carbons (Fsp3) is 0.417. The predicted octanol–water partition coefficient (Wildman–Crippen LogP) is 0.769. The van der Waals surface area contributed by atoms with Crippen LogP contribution in [0.25, 0.3) is 0 Å². The van der Waals surface area contributed by atoms with Crippen LogP contribution < -0.4 is 30.7 Å². The van der Waals surface area contributed by atoms with Gasteiger partial charge in [0, 0.05) is 63.7 Å². The van der Waals surface area contributed by atoms with Gasteiger partial charge in [0.05, 0.1) is 14.2 Å². The number of guanidine groups is 2. The van der Waals surface area contributed by atoms with Gasteiger partial charge in [-0.25, -0.2) is 0 Å². The van der Waals surface area contributed by atoms with Crippen molar-refractivity contribution in [3.63, 3.8) is 0 Å². The van der Waals surface area contributed by atoms with E-state index in [0.29, 0.717) is 0 Å². The monoisotopic (exact) mass is 566 g/mol. The van der Waals surface area contributed by atoms with Gasteiger partial charge in [0.1, 0.15) is 11.5 Å². The third-order valence-electron chi connectivity index (χ3n) is 6.12. The number of nitrogens with one attached hydrogen (secondary N) is 2. The molecule has 2 saturated heterocycles. The Morgan fingerprint density at radius 3 is 1.13 bits per heavy atom. The van der Waals surface area contributed by atoms with E-state index in [-0.39, 0.29) is 11.9 Å². The van der Waals surface area contributed by atoms with Crippen LogP contribution in [0.5, 0.6) is 11.5 Å². The smallest absolute Gasteiger partial charge is 0.394 e. The van der Waals surface area contributed by atoms with Crippen molar-refractivity contribution in [2.24, 2.45) is 11.5 Å². The summed E-state index contributed by atoms with van der Waals surface area (Å²) in [6, 6.07) is 16.1. The molecule has 0 radical (unpaired) electrons. The number of hydrogen-bond acceptors (Lipinski definition) is 8. The van der Waals surface area contributed by atoms with Gasteiger partial charge in [0.15, 0.2) is 11.9 Å². The topological polar surface area (TPSA) is 206 Å². The van der Waals surface area contributed by atoms with E-state index in [1.54, 1.807) is 14.2 Å². The minimum absolute atomic E-state index is 0.166. The van der Waals surface area contributed by atoms with Crippen molar-refractivity contribution in [3.8, 4) is 11.5 Å². The number of nitrogens with two attached hydrogens (primary N) is 2. The quantitative estimate of drug-likeness (QED) is 0.172. The van der Waals surface area contributed by atoms with Gasteiger partial charge in [-0.1, -0.05) is 0 Å². The van der Waals surface area contributed by atoms with Crippen molar-refractivity contribution in [2.75, 3.05) is 76.4 Å². The third kappa shape index (κ3) is 11.1. The summed E-state index contributed by atoms with van der Waals surface area (Å²) in [5.41, 5.74) is 13.3. The van der Waals surface area contributed by atoms with Crippen LogP contribution in [-0.2, 0) is 10.4 Å². The molecular formula is C24H38N8O6S. The molecule has 0 bridgehead atoms. The van der Waals surface area contributed by atoms with Gasteiger partial charge in [0.2, 0.25) is 0 Å². The summed E-state index contributed by atoms with van der Waals surface area (Å²) in [6.07, 6.45) is 0. The van der Waals surface area contributed by atoms with Crippen LogP contribution in [-0.4, -0.2) is 106 Å². The fourth-order valence-electron chi connectivity index (χ4n) is 4.00. The number of anilines is 2. The molecule has 0 amide bonds. The van der Waals surface area contributed by atoms with Crippen molar-refractivity contribution < 1.29 is 27.0 Å². The molecule has 2 aromatic carbocycles. The number of piperazine rings is 2. The molecule has 0 unspecified atom stereocenters. The van der Waals surface area contributed by atoms with E-state index in [9.17, 15) is 0 Å². The molecule has 0 spiro atoms. The Bertz CT molecular complexity index is 1060. The summed E-state index contributed by atoms with van der Waals surface area (Å²) in [5.74, 6) is 2.08. The first-order valence-electron chi connectivity index (χ1n) is 12.1. The Morgan fingerprint density at radius 2 is 0.923 bits per heavy atom. The fourth-order valence-corrected chi connectivity index (χ4v) is 4.00. The molecule has 0 aliphatic carbocycles. The molecular weight excluding hydrogens is 528 g/mol. The summed E-state index contributed by atoms with van der Waals surface area (Å²) in [6.45, 7) is 6.81. The second kappa shape index (κ2) is 14.8. The van der Waals surface area contributed by atoms with Gasteiger partial charge in [-0.15, -0.1) is 0 Å². The third-order valence-corrected chi connectivity index (χ3v) is 6.12. The first-order valence-corrected chi connectivity index (χ1v) is 13.5. The summed E-state index contributed by atoms with van der Waals surface area (Å²) < 4.78 is 41.9. The number of nitrogens with zero attached hydrogens (tertiary/aromatic N) is 4. The second-order valence-corrected chi connectivity index (χ2v) is 9.46. The van der Waals surface area contributed by atoms with E-state index in [1.807, 2.05) is 34.1 Å². The van der Waals surface area contributed by atoms with Gasteiger partial charge in [-0.05, 0) is 48.5 Å². The Hall–Kier alpha value is -3.95. The highest BCUT2D eigenvalue weighted by atomic mass is 32.3. The van der Waals surface area contributed by atoms with E-state index >= 15 is 0 Å². The Balaban J connectivity index is 0.000000234. The molecule has 14 nitrogen and oxygen atoms in total. The van der Waals surface area contributed by atoms with E-state index < -0.39 is 10.4 Å². The van der Waals surface area contributed by atoms with E-state index in [0.717, 1.165) is 63.9 Å². The molecule has 8 N–H and O–H groups in total. The SMILES string of the molecule is COc1ccc(N2CCN(C(=N)N)CC2)cc1.COc1ccc(N2CCN(C(=N)N)CC2)cc1.O=S(=O)(O)O. The Morgan fingerprint density at radius 1 is 0.667 bits per heavy atom. The van der Waals surface area contributed by atoms with E-state index in [2.05, 4.69) is 34.1 Å². The maximum absolute atomic E-state index is 8.74. The van der Waals surface area contributed by atoms with Gasteiger partial charge in [-0.2, -0.15) is 8.42 Å². The summed E-state index contributed by atoms with van der Waals surface area (Å²) in [5, 5.41) is 14.8. The molecule has 4 rings (SSSR count). The highest BCUT2D eigenvalue weighted by Crippen LogP contribution is 2.21. The standard InChI is InChI=1S/2C12H18N4O.H2O4S/c2*1-17-11-4-2-10(3-5-11)15-6-8-16(9-7-15)12(13)14;1-5(2,3)4/h2*2-5H,6-9H2,1H3,(H3,13,14);(H2,1,2,3,4). The molecule has 0 saturated carbocycles. The zero-order valence-electron chi connectivity index (χ0n) is 22.2. The number of hydrogen-bond donors (Lipinski definition) is 6. The van der Waals surface area contributed by atoms with Crippen molar-refractivity contribution >= 4 is 33.7 Å². The molecule has 2 aromatic rings. The molecule has 2 heterocycles. The molecule has 39 heavy (non-hydrogen) atoms. The molecule has 15 heteroatoms. The first-order chi connectivity index (χ1) is 18.4. The van der Waals surface area contributed by atoms with Crippen molar-refractivity contribution in [3.05, 3.63) is 48.5 Å². The maximum Gasteiger partial charge on any atom is 0.394 e. The normalized spacial score (nSPS) is 15.3. The van der Waals surface area contributed by atoms with Crippen LogP contribution >= 0.6 is 0 Å². The number of ether oxygens (including phenoxy) is 2. The minimum atomic E-state index is -4.67. The Labute approximate surface area is 229 Å². The van der Waals surface area contributed by atoms with E-state index in [4.69, 9.17) is 49.3 Å². The van der Waals surface area contributed by atoms with Crippen molar-refractivity contribution in [1.82, 2.24) is 9.80 Å². The van der Waals surface area contributed by atoms with Crippen molar-refractivity contribution in [2.45, 2.75) is 0 Å². The highest BCUT2D eigenvalue weighted by molar-refractivity contribution is 7.79.